The van der Waals surface area contributed by atoms with E-state index >= 15 is 0 Å². The molecule has 132 valence electrons. The van der Waals surface area contributed by atoms with Gasteiger partial charge in [0.15, 0.2) is 0 Å². The van der Waals surface area contributed by atoms with E-state index in [1.54, 1.807) is 48.5 Å². The fraction of sp³-hybridized carbons (Fsp3) is 0.286. The molecular formula is C21H19NO4. The lowest BCUT2D eigenvalue weighted by Crippen LogP contribution is -2.29. The summed E-state index contributed by atoms with van der Waals surface area (Å²) >= 11 is 0. The molecule has 1 heterocycles. The van der Waals surface area contributed by atoms with E-state index in [4.69, 9.17) is 4.74 Å². The molecule has 4 rings (SSSR count). The minimum absolute atomic E-state index is 0.0424. The summed E-state index contributed by atoms with van der Waals surface area (Å²) in [4.78, 5) is 38.8. The number of hydrogen-bond acceptors (Lipinski definition) is 4. The monoisotopic (exact) mass is 349 g/mol. The predicted molar refractivity (Wildman–Crippen MR) is 96.3 cm³/mol. The van der Waals surface area contributed by atoms with E-state index < -0.39 is 5.97 Å². The summed E-state index contributed by atoms with van der Waals surface area (Å²) < 4.78 is 5.58. The Morgan fingerprint density at radius 2 is 1.54 bits per heavy atom. The Kier molecular flexibility index (Phi) is 4.29. The van der Waals surface area contributed by atoms with Crippen LogP contribution in [-0.2, 0) is 4.74 Å². The number of carbonyl (C=O) groups is 3. The van der Waals surface area contributed by atoms with Crippen LogP contribution in [-0.4, -0.2) is 23.9 Å². The van der Waals surface area contributed by atoms with Gasteiger partial charge in [-0.2, -0.15) is 0 Å². The lowest BCUT2D eigenvalue weighted by atomic mass is 9.98. The zero-order valence-electron chi connectivity index (χ0n) is 14.3. The highest BCUT2D eigenvalue weighted by molar-refractivity contribution is 6.34. The maximum atomic E-state index is 12.6. The molecule has 2 amide bonds. The first-order valence-corrected chi connectivity index (χ1v) is 8.94. The number of esters is 1. The van der Waals surface area contributed by atoms with Crippen LogP contribution in [0.15, 0.2) is 48.5 Å². The molecule has 5 heteroatoms. The summed E-state index contributed by atoms with van der Waals surface area (Å²) in [5, 5.41) is 0. The molecule has 2 aromatic rings. The fourth-order valence-electron chi connectivity index (χ4n) is 3.60. The third-order valence-electron chi connectivity index (χ3n) is 4.96. The molecule has 0 radical (unpaired) electrons. The molecule has 1 saturated carbocycles. The number of imide groups is 1. The lowest BCUT2D eigenvalue weighted by Gasteiger charge is -2.22. The van der Waals surface area contributed by atoms with Gasteiger partial charge in [0.25, 0.3) is 11.8 Å². The fourth-order valence-corrected chi connectivity index (χ4v) is 3.60. The van der Waals surface area contributed by atoms with Crippen molar-refractivity contribution in [3.05, 3.63) is 65.2 Å². The SMILES string of the molecule is O=C(OC1CCCCC1)c1cccc(N2C(=O)c3ccccc3C2=O)c1. The van der Waals surface area contributed by atoms with Crippen LogP contribution < -0.4 is 4.90 Å². The first-order chi connectivity index (χ1) is 12.6. The molecule has 0 unspecified atom stereocenters. The van der Waals surface area contributed by atoms with Gasteiger partial charge in [0.1, 0.15) is 6.10 Å². The highest BCUT2D eigenvalue weighted by Gasteiger charge is 2.36. The molecule has 2 aromatic carbocycles. The number of anilines is 1. The van der Waals surface area contributed by atoms with Crippen molar-refractivity contribution >= 4 is 23.5 Å². The molecule has 0 saturated heterocycles. The molecule has 0 atom stereocenters. The van der Waals surface area contributed by atoms with Gasteiger partial charge in [-0.25, -0.2) is 9.69 Å². The van der Waals surface area contributed by atoms with Crippen LogP contribution in [0, 0.1) is 0 Å². The van der Waals surface area contributed by atoms with Crippen molar-refractivity contribution in [3.63, 3.8) is 0 Å². The van der Waals surface area contributed by atoms with Gasteiger partial charge >= 0.3 is 5.97 Å². The van der Waals surface area contributed by atoms with Crippen molar-refractivity contribution in [2.45, 2.75) is 38.2 Å². The number of nitrogens with zero attached hydrogens (tertiary/aromatic N) is 1. The highest BCUT2D eigenvalue weighted by Crippen LogP contribution is 2.29. The van der Waals surface area contributed by atoms with E-state index in [2.05, 4.69) is 0 Å². The minimum atomic E-state index is -0.407. The summed E-state index contributed by atoms with van der Waals surface area (Å²) in [7, 11) is 0. The van der Waals surface area contributed by atoms with Gasteiger partial charge in [-0.15, -0.1) is 0 Å². The molecule has 0 bridgehead atoms. The summed E-state index contributed by atoms with van der Waals surface area (Å²) in [5.74, 6) is -1.15. The van der Waals surface area contributed by atoms with Crippen LogP contribution >= 0.6 is 0 Å². The molecular weight excluding hydrogens is 330 g/mol. The quantitative estimate of drug-likeness (QED) is 0.621. The number of carbonyl (C=O) groups excluding carboxylic acids is 3. The number of fused-ring (bicyclic) bond motifs is 1. The van der Waals surface area contributed by atoms with Gasteiger partial charge in [0, 0.05) is 0 Å². The summed E-state index contributed by atoms with van der Waals surface area (Å²) in [6.45, 7) is 0. The number of hydrogen-bond donors (Lipinski definition) is 0. The smallest absolute Gasteiger partial charge is 0.338 e. The zero-order chi connectivity index (χ0) is 18.1. The van der Waals surface area contributed by atoms with Gasteiger partial charge in [-0.3, -0.25) is 9.59 Å². The molecule has 0 spiro atoms. The first-order valence-electron chi connectivity index (χ1n) is 8.94. The summed E-state index contributed by atoms with van der Waals surface area (Å²) in [6.07, 6.45) is 5.08. The van der Waals surface area contributed by atoms with E-state index in [0.29, 0.717) is 22.4 Å². The average molecular weight is 349 g/mol. The van der Waals surface area contributed by atoms with Crippen LogP contribution in [0.25, 0.3) is 0 Å². The van der Waals surface area contributed by atoms with Crippen molar-refractivity contribution in [2.24, 2.45) is 0 Å². The predicted octanol–water partition coefficient (Wildman–Crippen LogP) is 3.98. The average Bonchev–Trinajstić information content (AvgIpc) is 2.94. The molecule has 5 nitrogen and oxygen atoms in total. The normalized spacial score (nSPS) is 17.3. The molecule has 1 fully saturated rings. The molecule has 26 heavy (non-hydrogen) atoms. The van der Waals surface area contributed by atoms with Crippen LogP contribution in [0.4, 0.5) is 5.69 Å². The number of ether oxygens (including phenoxy) is 1. The van der Waals surface area contributed by atoms with Crippen molar-refractivity contribution in [1.29, 1.82) is 0 Å². The van der Waals surface area contributed by atoms with E-state index in [1.807, 2.05) is 0 Å². The molecule has 0 N–H and O–H groups in total. The zero-order valence-corrected chi connectivity index (χ0v) is 14.3. The highest BCUT2D eigenvalue weighted by atomic mass is 16.5. The van der Waals surface area contributed by atoms with Gasteiger partial charge in [0.05, 0.1) is 22.4 Å². The Morgan fingerprint density at radius 1 is 0.885 bits per heavy atom. The second-order valence-electron chi connectivity index (χ2n) is 6.71. The van der Waals surface area contributed by atoms with Gasteiger partial charge < -0.3 is 4.74 Å². The van der Waals surface area contributed by atoms with E-state index in [-0.39, 0.29) is 17.9 Å². The third kappa shape index (κ3) is 2.90. The Balaban J connectivity index is 1.57. The number of rotatable bonds is 3. The van der Waals surface area contributed by atoms with Crippen molar-refractivity contribution in [2.75, 3.05) is 4.90 Å². The van der Waals surface area contributed by atoms with E-state index in [1.165, 1.54) is 6.42 Å². The van der Waals surface area contributed by atoms with E-state index in [9.17, 15) is 14.4 Å². The van der Waals surface area contributed by atoms with Crippen molar-refractivity contribution < 1.29 is 19.1 Å². The van der Waals surface area contributed by atoms with E-state index in [0.717, 1.165) is 30.6 Å². The Bertz CT molecular complexity index is 848. The van der Waals surface area contributed by atoms with Crippen molar-refractivity contribution in [1.82, 2.24) is 0 Å². The standard InChI is InChI=1S/C21H19NO4/c23-19-17-11-4-5-12-18(17)20(24)22(19)15-8-6-7-14(13-15)21(25)26-16-9-2-1-3-10-16/h4-8,11-13,16H,1-3,9-10H2. The number of benzene rings is 2. The third-order valence-corrected chi connectivity index (χ3v) is 4.96. The molecule has 0 aromatic heterocycles. The van der Waals surface area contributed by atoms with Crippen LogP contribution in [0.3, 0.4) is 0 Å². The van der Waals surface area contributed by atoms with Gasteiger partial charge in [-0.05, 0) is 56.0 Å². The molecule has 1 aliphatic carbocycles. The second kappa shape index (κ2) is 6.75. The number of amides is 2. The molecule has 2 aliphatic rings. The largest absolute Gasteiger partial charge is 0.459 e. The Hall–Kier alpha value is -2.95. The van der Waals surface area contributed by atoms with Gasteiger partial charge in [-0.1, -0.05) is 24.6 Å². The summed E-state index contributed by atoms with van der Waals surface area (Å²) in [6, 6.07) is 13.2. The Labute approximate surface area is 151 Å². The molecule has 1 aliphatic heterocycles. The first kappa shape index (κ1) is 16.5. The summed E-state index contributed by atoms with van der Waals surface area (Å²) in [5.41, 5.74) is 1.50. The maximum absolute atomic E-state index is 12.6. The van der Waals surface area contributed by atoms with Crippen molar-refractivity contribution in [3.8, 4) is 0 Å². The van der Waals surface area contributed by atoms with Gasteiger partial charge in [0.2, 0.25) is 0 Å². The van der Waals surface area contributed by atoms with Crippen LogP contribution in [0.2, 0.25) is 0 Å². The second-order valence-corrected chi connectivity index (χ2v) is 6.71. The Morgan fingerprint density at radius 3 is 2.19 bits per heavy atom. The minimum Gasteiger partial charge on any atom is -0.459 e. The van der Waals surface area contributed by atoms with Crippen LogP contribution in [0.1, 0.15) is 63.2 Å². The lowest BCUT2D eigenvalue weighted by molar-refractivity contribution is 0.0211. The van der Waals surface area contributed by atoms with Crippen LogP contribution in [0.5, 0.6) is 0 Å². The maximum Gasteiger partial charge on any atom is 0.338 e. The topological polar surface area (TPSA) is 63.7 Å².